The second-order valence-corrected chi connectivity index (χ2v) is 4.92. The van der Waals surface area contributed by atoms with Crippen molar-refractivity contribution >= 4 is 16.8 Å². The highest BCUT2D eigenvalue weighted by molar-refractivity contribution is 6.66. The summed E-state index contributed by atoms with van der Waals surface area (Å²) in [5, 5.41) is 12.3. The molecule has 0 saturated heterocycles. The molecular formula is C10H16ClNO2. The summed E-state index contributed by atoms with van der Waals surface area (Å²) in [7, 11) is 1.79. The average molecular weight is 218 g/mol. The smallest absolute Gasteiger partial charge is 0.151 e. The van der Waals surface area contributed by atoms with Crippen LogP contribution < -0.4 is 0 Å². The third-order valence-electron chi connectivity index (χ3n) is 4.14. The maximum Gasteiger partial charge on any atom is 0.151 e. The Kier molecular flexibility index (Phi) is 2.48. The van der Waals surface area contributed by atoms with E-state index in [4.69, 9.17) is 21.5 Å². The van der Waals surface area contributed by atoms with Crippen LogP contribution in [0, 0.1) is 5.41 Å². The summed E-state index contributed by atoms with van der Waals surface area (Å²) in [6, 6.07) is 0. The van der Waals surface area contributed by atoms with Crippen molar-refractivity contribution in [2.24, 2.45) is 10.6 Å². The molecule has 0 unspecified atom stereocenters. The van der Waals surface area contributed by atoms with Crippen molar-refractivity contribution in [2.45, 2.75) is 44.1 Å². The summed E-state index contributed by atoms with van der Waals surface area (Å²) in [5.74, 6) is 0. The molecule has 3 fully saturated rings. The molecule has 3 rings (SSSR count). The topological polar surface area (TPSA) is 41.8 Å². The summed E-state index contributed by atoms with van der Waals surface area (Å²) >= 11 is 5.97. The van der Waals surface area contributed by atoms with Crippen molar-refractivity contribution in [3.05, 3.63) is 0 Å². The van der Waals surface area contributed by atoms with E-state index in [0.717, 1.165) is 38.5 Å². The van der Waals surface area contributed by atoms with Gasteiger partial charge in [0.15, 0.2) is 5.17 Å². The van der Waals surface area contributed by atoms with E-state index in [1.807, 2.05) is 0 Å². The Hall–Kier alpha value is -0.280. The quantitative estimate of drug-likeness (QED) is 0.439. The van der Waals surface area contributed by atoms with Gasteiger partial charge in [-0.25, -0.2) is 0 Å². The first-order chi connectivity index (χ1) is 6.66. The number of hydrogen-bond donors (Lipinski definition) is 1. The summed E-state index contributed by atoms with van der Waals surface area (Å²) < 4.78 is 5.58. The zero-order valence-electron chi connectivity index (χ0n) is 8.42. The van der Waals surface area contributed by atoms with Gasteiger partial charge in [-0.3, -0.25) is 0 Å². The van der Waals surface area contributed by atoms with Crippen LogP contribution in [0.3, 0.4) is 0 Å². The number of methoxy groups -OCH3 is 1. The van der Waals surface area contributed by atoms with Gasteiger partial charge in [0.2, 0.25) is 0 Å². The molecule has 3 nitrogen and oxygen atoms in total. The number of rotatable bonds is 2. The largest absolute Gasteiger partial charge is 0.410 e. The Bertz CT molecular complexity index is 240. The lowest BCUT2D eigenvalue weighted by molar-refractivity contribution is -0.0986. The van der Waals surface area contributed by atoms with Crippen LogP contribution in [0.4, 0.5) is 0 Å². The second kappa shape index (κ2) is 3.38. The van der Waals surface area contributed by atoms with Crippen LogP contribution in [0.5, 0.6) is 0 Å². The fourth-order valence-corrected chi connectivity index (χ4v) is 3.16. The van der Waals surface area contributed by atoms with E-state index in [9.17, 15) is 0 Å². The molecule has 0 aromatic carbocycles. The minimum atomic E-state index is -0.0451. The van der Waals surface area contributed by atoms with Crippen LogP contribution in [0.1, 0.15) is 38.5 Å². The highest BCUT2D eigenvalue weighted by Gasteiger charge is 2.51. The third-order valence-corrected chi connectivity index (χ3v) is 4.61. The van der Waals surface area contributed by atoms with Crippen molar-refractivity contribution in [3.63, 3.8) is 0 Å². The highest BCUT2D eigenvalue weighted by Crippen LogP contribution is 2.54. The molecule has 2 bridgehead atoms. The average Bonchev–Trinajstić information content (AvgIpc) is 2.30. The molecule has 4 heteroatoms. The Labute approximate surface area is 89.1 Å². The van der Waals surface area contributed by atoms with Gasteiger partial charge in [-0.15, -0.1) is 0 Å². The van der Waals surface area contributed by atoms with Crippen LogP contribution in [0.25, 0.3) is 0 Å². The first-order valence-electron chi connectivity index (χ1n) is 5.10. The molecule has 0 aromatic rings. The summed E-state index contributed by atoms with van der Waals surface area (Å²) in [6.45, 7) is 0. The molecule has 3 aliphatic carbocycles. The van der Waals surface area contributed by atoms with Crippen molar-refractivity contribution in [3.8, 4) is 0 Å². The maximum absolute atomic E-state index is 8.75. The molecule has 0 aliphatic heterocycles. The van der Waals surface area contributed by atoms with Crippen LogP contribution in [0.2, 0.25) is 0 Å². The Morgan fingerprint density at radius 3 is 2.07 bits per heavy atom. The number of hydrogen-bond acceptors (Lipinski definition) is 3. The molecule has 0 spiro atoms. The van der Waals surface area contributed by atoms with Gasteiger partial charge in [-0.1, -0.05) is 16.8 Å². The van der Waals surface area contributed by atoms with Gasteiger partial charge in [0.25, 0.3) is 0 Å². The Morgan fingerprint density at radius 1 is 1.21 bits per heavy atom. The first-order valence-corrected chi connectivity index (χ1v) is 5.47. The number of oxime groups is 1. The fraction of sp³-hybridized carbons (Fsp3) is 0.900. The van der Waals surface area contributed by atoms with E-state index >= 15 is 0 Å². The number of ether oxygens (including phenoxy) is 1. The highest BCUT2D eigenvalue weighted by atomic mass is 35.5. The predicted octanol–water partition coefficient (Wildman–Crippen LogP) is 2.75. The molecular weight excluding hydrogens is 202 g/mol. The van der Waals surface area contributed by atoms with Crippen LogP contribution in [-0.2, 0) is 4.74 Å². The molecule has 0 amide bonds. The first kappa shape index (κ1) is 10.2. The third kappa shape index (κ3) is 1.34. The zero-order chi connectivity index (χ0) is 10.2. The van der Waals surface area contributed by atoms with Crippen molar-refractivity contribution in [2.75, 3.05) is 7.11 Å². The molecule has 3 aliphatic rings. The van der Waals surface area contributed by atoms with Crippen molar-refractivity contribution in [1.82, 2.24) is 0 Å². The molecule has 80 valence electrons. The van der Waals surface area contributed by atoms with E-state index in [2.05, 4.69) is 5.16 Å². The van der Waals surface area contributed by atoms with Gasteiger partial charge >= 0.3 is 0 Å². The van der Waals surface area contributed by atoms with Crippen LogP contribution in [-0.4, -0.2) is 23.1 Å². The molecule has 1 N–H and O–H groups in total. The predicted molar refractivity (Wildman–Crippen MR) is 54.9 cm³/mol. The number of halogens is 1. The van der Waals surface area contributed by atoms with Gasteiger partial charge in [0.05, 0.1) is 5.60 Å². The van der Waals surface area contributed by atoms with E-state index < -0.39 is 0 Å². The molecule has 0 aromatic heterocycles. The van der Waals surface area contributed by atoms with E-state index in [1.165, 1.54) is 0 Å². The monoisotopic (exact) mass is 217 g/mol. The van der Waals surface area contributed by atoms with E-state index in [-0.39, 0.29) is 11.0 Å². The van der Waals surface area contributed by atoms with Gasteiger partial charge in [0, 0.05) is 12.5 Å². The van der Waals surface area contributed by atoms with Crippen LogP contribution >= 0.6 is 11.6 Å². The molecule has 14 heavy (non-hydrogen) atoms. The Balaban J connectivity index is 2.16. The molecule has 0 heterocycles. The minimum Gasteiger partial charge on any atom is -0.410 e. The molecule has 3 saturated carbocycles. The van der Waals surface area contributed by atoms with Gasteiger partial charge in [0.1, 0.15) is 0 Å². The zero-order valence-corrected chi connectivity index (χ0v) is 9.18. The molecule has 0 atom stereocenters. The van der Waals surface area contributed by atoms with Gasteiger partial charge in [-0.05, 0) is 38.5 Å². The second-order valence-electron chi connectivity index (χ2n) is 4.56. The standard InChI is InChI=1S/C10H16ClNO2/c1-14-10-5-2-9(3-6-10,4-7-10)8(11)12-13/h13H,2-7H2,1H3/b12-8-. The van der Waals surface area contributed by atoms with Crippen molar-refractivity contribution < 1.29 is 9.94 Å². The molecule has 0 radical (unpaired) electrons. The van der Waals surface area contributed by atoms with E-state index in [0.29, 0.717) is 5.17 Å². The lowest BCUT2D eigenvalue weighted by Gasteiger charge is -2.51. The van der Waals surface area contributed by atoms with Crippen molar-refractivity contribution in [1.29, 1.82) is 0 Å². The summed E-state index contributed by atoms with van der Waals surface area (Å²) in [5.41, 5.74) is 0.0466. The maximum atomic E-state index is 8.75. The number of fused-ring (bicyclic) bond motifs is 3. The lowest BCUT2D eigenvalue weighted by Crippen LogP contribution is -2.49. The number of nitrogens with zero attached hydrogens (tertiary/aromatic N) is 1. The minimum absolute atomic E-state index is 0.0451. The van der Waals surface area contributed by atoms with Gasteiger partial charge < -0.3 is 9.94 Å². The SMILES string of the molecule is COC12CCC(/C(Cl)=N/O)(CC1)CC2. The summed E-state index contributed by atoms with van der Waals surface area (Å²) in [6.07, 6.45) is 6.08. The van der Waals surface area contributed by atoms with E-state index in [1.54, 1.807) is 7.11 Å². The normalized spacial score (nSPS) is 42.9. The van der Waals surface area contributed by atoms with Crippen LogP contribution in [0.15, 0.2) is 5.16 Å². The van der Waals surface area contributed by atoms with Gasteiger partial charge in [-0.2, -0.15) is 0 Å². The Morgan fingerprint density at radius 2 is 1.71 bits per heavy atom. The lowest BCUT2D eigenvalue weighted by atomic mass is 9.59. The summed E-state index contributed by atoms with van der Waals surface area (Å²) in [4.78, 5) is 0. The fourth-order valence-electron chi connectivity index (χ4n) is 2.87.